The molecule has 3 aliphatic rings. The summed E-state index contributed by atoms with van der Waals surface area (Å²) in [5.41, 5.74) is 6.06. The first-order valence-corrected chi connectivity index (χ1v) is 16.4. The molecule has 4 N–H and O–H groups in total. The third kappa shape index (κ3) is 7.60. The summed E-state index contributed by atoms with van der Waals surface area (Å²) in [6.07, 6.45) is -1.55. The fourth-order valence-electron chi connectivity index (χ4n) is 6.41. The number of alkyl halides is 3. The second-order valence-electron chi connectivity index (χ2n) is 12.2. The van der Waals surface area contributed by atoms with Crippen LogP contribution in [0.3, 0.4) is 0 Å². The number of rotatable bonds is 6. The van der Waals surface area contributed by atoms with Gasteiger partial charge in [0.2, 0.25) is 5.91 Å². The van der Waals surface area contributed by atoms with Crippen LogP contribution in [0.4, 0.5) is 34.1 Å². The minimum atomic E-state index is -4.74. The van der Waals surface area contributed by atoms with E-state index < -0.39 is 29.5 Å². The molecule has 0 spiro atoms. The summed E-state index contributed by atoms with van der Waals surface area (Å²) >= 11 is 7.63. The Bertz CT molecular complexity index is 1410. The van der Waals surface area contributed by atoms with Gasteiger partial charge in [0.15, 0.2) is 0 Å². The Morgan fingerprint density at radius 2 is 1.76 bits per heavy atom. The van der Waals surface area contributed by atoms with E-state index >= 15 is 0 Å². The highest BCUT2D eigenvalue weighted by Crippen LogP contribution is 2.38. The highest BCUT2D eigenvalue weighted by Gasteiger charge is 2.37. The quantitative estimate of drug-likeness (QED) is 0.385. The lowest BCUT2D eigenvalue weighted by Gasteiger charge is -2.39. The molecular formula is C30H39ClF3N7O3S. The molecule has 2 fully saturated rings. The van der Waals surface area contributed by atoms with Crippen molar-refractivity contribution >= 4 is 52.3 Å². The monoisotopic (exact) mass is 669 g/mol. The largest absolute Gasteiger partial charge is 0.418 e. The second kappa shape index (κ2) is 13.6. The molecule has 15 heteroatoms. The smallest absolute Gasteiger partial charge is 0.397 e. The van der Waals surface area contributed by atoms with Crippen molar-refractivity contribution in [1.82, 2.24) is 24.9 Å². The van der Waals surface area contributed by atoms with Crippen LogP contribution in [0.5, 0.6) is 0 Å². The Morgan fingerprint density at radius 1 is 1.09 bits per heavy atom. The number of nitrogens with two attached hydrogens (primary N) is 1. The van der Waals surface area contributed by atoms with Gasteiger partial charge < -0.3 is 36.0 Å². The average molecular weight is 670 g/mol. The van der Waals surface area contributed by atoms with Crippen LogP contribution in [-0.2, 0) is 23.8 Å². The highest BCUT2D eigenvalue weighted by atomic mass is 35.5. The van der Waals surface area contributed by atoms with Crippen LogP contribution in [0, 0.1) is 0 Å². The molecule has 4 heterocycles. The van der Waals surface area contributed by atoms with Crippen LogP contribution in [0.15, 0.2) is 22.9 Å². The van der Waals surface area contributed by atoms with Crippen LogP contribution in [0.1, 0.15) is 42.4 Å². The van der Waals surface area contributed by atoms with Crippen molar-refractivity contribution in [3.8, 4) is 0 Å². The van der Waals surface area contributed by atoms with Crippen LogP contribution in [0.2, 0.25) is 5.02 Å². The molecule has 1 aromatic heterocycles. The molecule has 2 saturated heterocycles. The molecule has 0 bridgehead atoms. The minimum Gasteiger partial charge on any atom is -0.397 e. The number of fused-ring (bicyclic) bond motifs is 1. The number of nitrogens with zero attached hydrogens (tertiary/aromatic N) is 4. The molecule has 0 radical (unpaired) electrons. The Hall–Kier alpha value is -3.23. The van der Waals surface area contributed by atoms with Crippen molar-refractivity contribution in [3.63, 3.8) is 0 Å². The number of urea groups is 2. The van der Waals surface area contributed by atoms with Crippen LogP contribution < -0.4 is 16.4 Å². The Morgan fingerprint density at radius 3 is 2.40 bits per heavy atom. The normalized spacial score (nSPS) is 19.3. The predicted molar refractivity (Wildman–Crippen MR) is 169 cm³/mol. The average Bonchev–Trinajstić information content (AvgIpc) is 3.37. The topological polar surface area (TPSA) is 114 Å². The maximum atomic E-state index is 13.8. The van der Waals surface area contributed by atoms with Gasteiger partial charge in [-0.15, -0.1) is 11.3 Å². The second-order valence-corrected chi connectivity index (χ2v) is 13.3. The predicted octanol–water partition coefficient (Wildman–Crippen LogP) is 4.73. The molecule has 5 rings (SSSR count). The summed E-state index contributed by atoms with van der Waals surface area (Å²) in [4.78, 5) is 47.4. The van der Waals surface area contributed by atoms with E-state index in [-0.39, 0.29) is 35.0 Å². The molecule has 3 aliphatic heterocycles. The van der Waals surface area contributed by atoms with E-state index in [9.17, 15) is 27.6 Å². The van der Waals surface area contributed by atoms with Gasteiger partial charge in [-0.2, -0.15) is 13.2 Å². The lowest BCUT2D eigenvalue weighted by atomic mass is 9.98. The molecule has 0 aliphatic carbocycles. The maximum absolute atomic E-state index is 13.8. The third-order valence-electron chi connectivity index (χ3n) is 9.10. The van der Waals surface area contributed by atoms with Crippen molar-refractivity contribution < 1.29 is 27.6 Å². The number of likely N-dealkylation sites (tertiary alicyclic amines) is 2. The number of thiophene rings is 1. The number of carbonyl (C=O) groups excluding carboxylic acids is 3. The van der Waals surface area contributed by atoms with Gasteiger partial charge in [-0.1, -0.05) is 11.6 Å². The number of benzene rings is 1. The molecule has 45 heavy (non-hydrogen) atoms. The highest BCUT2D eigenvalue weighted by molar-refractivity contribution is 7.08. The van der Waals surface area contributed by atoms with Gasteiger partial charge in [0.25, 0.3) is 0 Å². The maximum Gasteiger partial charge on any atom is 0.418 e. The van der Waals surface area contributed by atoms with Gasteiger partial charge in [0, 0.05) is 56.6 Å². The van der Waals surface area contributed by atoms with Gasteiger partial charge in [0.05, 0.1) is 22.0 Å². The van der Waals surface area contributed by atoms with E-state index in [0.717, 1.165) is 36.6 Å². The molecule has 246 valence electrons. The van der Waals surface area contributed by atoms with E-state index in [0.29, 0.717) is 51.6 Å². The van der Waals surface area contributed by atoms with Gasteiger partial charge in [-0.3, -0.25) is 4.79 Å². The zero-order chi connectivity index (χ0) is 32.5. The molecule has 1 atom stereocenters. The summed E-state index contributed by atoms with van der Waals surface area (Å²) in [5, 5.41) is 9.49. The summed E-state index contributed by atoms with van der Waals surface area (Å²) in [7, 11) is 3.96. The first kappa shape index (κ1) is 33.1. The Labute approximate surface area is 269 Å². The minimum absolute atomic E-state index is 0.0464. The van der Waals surface area contributed by atoms with Crippen LogP contribution in [-0.4, -0.2) is 103 Å². The number of piperidine rings is 2. The molecular weight excluding hydrogens is 631 g/mol. The lowest BCUT2D eigenvalue weighted by Crippen LogP contribution is -2.57. The molecule has 0 unspecified atom stereocenters. The van der Waals surface area contributed by atoms with Crippen LogP contribution in [0.25, 0.3) is 0 Å². The number of halogens is 4. The number of hydrogen-bond donors (Lipinski definition) is 3. The number of carbonyl (C=O) groups is 3. The van der Waals surface area contributed by atoms with Crippen molar-refractivity contribution in [2.75, 3.05) is 57.9 Å². The summed E-state index contributed by atoms with van der Waals surface area (Å²) < 4.78 is 41.1. The van der Waals surface area contributed by atoms with Gasteiger partial charge in [0.1, 0.15) is 6.04 Å². The SMILES string of the molecule is CN(C)C1CCN(C(=O)[C@@H](Cc2cc(Cl)c(N)c(C(F)(F)F)c2)NC(=O)N2CCC(N3CCc4cscc4NC3=O)CC2)CC1. The summed E-state index contributed by atoms with van der Waals surface area (Å²) in [5.74, 6) is -0.356. The van der Waals surface area contributed by atoms with Crippen molar-refractivity contribution in [2.45, 2.75) is 62.8 Å². The van der Waals surface area contributed by atoms with Crippen LogP contribution >= 0.6 is 22.9 Å². The summed E-state index contributed by atoms with van der Waals surface area (Å²) in [6, 6.07) is 0.730. The van der Waals surface area contributed by atoms with E-state index in [1.807, 2.05) is 29.8 Å². The van der Waals surface area contributed by atoms with E-state index in [1.54, 1.807) is 21.1 Å². The lowest BCUT2D eigenvalue weighted by molar-refractivity contribution is -0.137. The third-order valence-corrected chi connectivity index (χ3v) is 10.2. The Balaban J connectivity index is 1.27. The fraction of sp³-hybridized carbons (Fsp3) is 0.567. The van der Waals surface area contributed by atoms with Crippen molar-refractivity contribution in [1.29, 1.82) is 0 Å². The molecule has 5 amide bonds. The van der Waals surface area contributed by atoms with E-state index in [1.165, 1.54) is 6.07 Å². The number of nitrogen functional groups attached to an aromatic ring is 1. The first-order valence-electron chi connectivity index (χ1n) is 15.1. The van der Waals surface area contributed by atoms with Crippen molar-refractivity contribution in [2.24, 2.45) is 0 Å². The zero-order valence-electron chi connectivity index (χ0n) is 25.3. The number of anilines is 2. The zero-order valence-corrected chi connectivity index (χ0v) is 26.9. The fourth-order valence-corrected chi connectivity index (χ4v) is 7.48. The van der Waals surface area contributed by atoms with Gasteiger partial charge in [-0.25, -0.2) is 9.59 Å². The number of nitrogens with one attached hydrogen (secondary N) is 2. The number of amides is 5. The van der Waals surface area contributed by atoms with Crippen molar-refractivity contribution in [3.05, 3.63) is 44.6 Å². The molecule has 2 aromatic rings. The first-order chi connectivity index (χ1) is 21.3. The molecule has 0 saturated carbocycles. The standard InChI is InChI=1S/C30H39ClF3N7O3S/c1-38(2)20-4-8-39(9-5-20)27(42)24(15-18-13-22(30(32,33)34)26(35)23(31)14-18)36-28(43)40-10-6-21(7-11-40)41-12-3-19-16-45-17-25(19)37-29(41)44/h13-14,16-17,20-21,24H,3-12,15,35H2,1-2H3,(H,36,43)(H,37,44)/t24-/m1/s1. The van der Waals surface area contributed by atoms with Gasteiger partial charge in [-0.05, 0) is 74.8 Å². The van der Waals surface area contributed by atoms with Gasteiger partial charge >= 0.3 is 18.2 Å². The Kier molecular flexibility index (Phi) is 10.0. The van der Waals surface area contributed by atoms with E-state index in [2.05, 4.69) is 15.5 Å². The summed E-state index contributed by atoms with van der Waals surface area (Å²) in [6.45, 7) is 2.25. The molecule has 1 aromatic carbocycles. The molecule has 10 nitrogen and oxygen atoms in total. The van der Waals surface area contributed by atoms with E-state index in [4.69, 9.17) is 17.3 Å². The number of hydrogen-bond acceptors (Lipinski definition) is 6.